The van der Waals surface area contributed by atoms with E-state index in [0.29, 0.717) is 21.6 Å². The Morgan fingerprint density at radius 1 is 1.61 bits per heavy atom. The minimum Gasteiger partial charge on any atom is -0.394 e. The van der Waals surface area contributed by atoms with E-state index in [1.807, 2.05) is 6.92 Å². The first kappa shape index (κ1) is 15.2. The number of amides is 2. The van der Waals surface area contributed by atoms with Gasteiger partial charge in [-0.1, -0.05) is 18.5 Å². The summed E-state index contributed by atoms with van der Waals surface area (Å²) in [7, 11) is 0. The first-order valence-electron chi connectivity index (χ1n) is 5.41. The van der Waals surface area contributed by atoms with E-state index in [1.165, 1.54) is 12.4 Å². The van der Waals surface area contributed by atoms with Gasteiger partial charge in [-0.2, -0.15) is 0 Å². The van der Waals surface area contributed by atoms with E-state index in [2.05, 4.69) is 31.5 Å². The number of nitrogens with zero attached hydrogens (tertiary/aromatic N) is 1. The van der Waals surface area contributed by atoms with Gasteiger partial charge in [0.1, 0.15) is 0 Å². The molecule has 100 valence electrons. The van der Waals surface area contributed by atoms with Crippen molar-refractivity contribution in [2.75, 3.05) is 11.9 Å². The van der Waals surface area contributed by atoms with Crippen LogP contribution in [0.3, 0.4) is 0 Å². The van der Waals surface area contributed by atoms with Crippen molar-refractivity contribution in [3.8, 4) is 0 Å². The summed E-state index contributed by atoms with van der Waals surface area (Å²) in [6.45, 7) is 3.50. The van der Waals surface area contributed by atoms with Gasteiger partial charge in [0.2, 0.25) is 0 Å². The van der Waals surface area contributed by atoms with Crippen LogP contribution < -0.4 is 10.6 Å². The lowest BCUT2D eigenvalue weighted by Gasteiger charge is -2.27. The van der Waals surface area contributed by atoms with Crippen molar-refractivity contribution < 1.29 is 9.90 Å². The number of halogens is 2. The Balaban J connectivity index is 2.74. The molecule has 1 heterocycles. The van der Waals surface area contributed by atoms with Crippen molar-refractivity contribution in [2.24, 2.45) is 0 Å². The molecule has 7 heteroatoms. The fourth-order valence-corrected chi connectivity index (χ4v) is 1.65. The Hall–Kier alpha value is -0.850. The third kappa shape index (κ3) is 3.83. The van der Waals surface area contributed by atoms with Crippen LogP contribution in [0.2, 0.25) is 5.02 Å². The Bertz CT molecular complexity index is 438. The molecule has 1 rings (SSSR count). The number of aromatic nitrogens is 1. The first-order chi connectivity index (χ1) is 8.41. The molecule has 1 unspecified atom stereocenters. The predicted molar refractivity (Wildman–Crippen MR) is 74.9 cm³/mol. The zero-order chi connectivity index (χ0) is 13.8. The van der Waals surface area contributed by atoms with Crippen molar-refractivity contribution in [1.29, 1.82) is 0 Å². The molecule has 18 heavy (non-hydrogen) atoms. The van der Waals surface area contributed by atoms with E-state index in [1.54, 1.807) is 6.92 Å². The SMILES string of the molecule is CCC(C)(CO)NC(=O)Nc1cncc(Br)c1Cl. The summed E-state index contributed by atoms with van der Waals surface area (Å²) >= 11 is 9.22. The lowest BCUT2D eigenvalue weighted by molar-refractivity contribution is 0.172. The second-order valence-corrected chi connectivity index (χ2v) is 5.37. The smallest absolute Gasteiger partial charge is 0.319 e. The number of anilines is 1. The first-order valence-corrected chi connectivity index (χ1v) is 6.58. The van der Waals surface area contributed by atoms with Gasteiger partial charge in [-0.25, -0.2) is 4.79 Å². The molecule has 3 N–H and O–H groups in total. The summed E-state index contributed by atoms with van der Waals surface area (Å²) in [6.07, 6.45) is 3.60. The molecule has 1 aromatic rings. The number of rotatable bonds is 4. The minimum absolute atomic E-state index is 0.138. The molecule has 0 aliphatic heterocycles. The van der Waals surface area contributed by atoms with Crippen molar-refractivity contribution in [3.05, 3.63) is 21.9 Å². The van der Waals surface area contributed by atoms with Crippen molar-refractivity contribution in [3.63, 3.8) is 0 Å². The molecule has 1 atom stereocenters. The quantitative estimate of drug-likeness (QED) is 0.791. The molecular weight excluding hydrogens is 321 g/mol. The van der Waals surface area contributed by atoms with Gasteiger partial charge in [0, 0.05) is 6.20 Å². The minimum atomic E-state index is -0.657. The molecule has 0 saturated heterocycles. The average Bonchev–Trinajstić information content (AvgIpc) is 2.34. The topological polar surface area (TPSA) is 74.2 Å². The molecule has 1 aromatic heterocycles. The van der Waals surface area contributed by atoms with E-state index in [4.69, 9.17) is 11.6 Å². The number of hydrogen-bond acceptors (Lipinski definition) is 3. The van der Waals surface area contributed by atoms with E-state index in [0.717, 1.165) is 0 Å². The fraction of sp³-hybridized carbons (Fsp3) is 0.455. The third-order valence-corrected chi connectivity index (χ3v) is 3.87. The van der Waals surface area contributed by atoms with Crippen LogP contribution in [0.15, 0.2) is 16.9 Å². The molecule has 0 saturated carbocycles. The Labute approximate surface area is 119 Å². The second-order valence-electron chi connectivity index (χ2n) is 4.13. The molecule has 0 aliphatic rings. The summed E-state index contributed by atoms with van der Waals surface area (Å²) in [4.78, 5) is 15.7. The van der Waals surface area contributed by atoms with Crippen LogP contribution in [0, 0.1) is 0 Å². The maximum absolute atomic E-state index is 11.8. The lowest BCUT2D eigenvalue weighted by atomic mass is 10.0. The third-order valence-electron chi connectivity index (χ3n) is 2.63. The average molecular weight is 337 g/mol. The molecule has 2 amide bonds. The van der Waals surface area contributed by atoms with Crippen LogP contribution in [0.25, 0.3) is 0 Å². The summed E-state index contributed by atoms with van der Waals surface area (Å²) in [5, 5.41) is 14.9. The Morgan fingerprint density at radius 2 is 2.28 bits per heavy atom. The van der Waals surface area contributed by atoms with Crippen LogP contribution >= 0.6 is 27.5 Å². The largest absolute Gasteiger partial charge is 0.394 e. The van der Waals surface area contributed by atoms with Gasteiger partial charge in [-0.15, -0.1) is 0 Å². The predicted octanol–water partition coefficient (Wildman–Crippen LogP) is 2.78. The van der Waals surface area contributed by atoms with Gasteiger partial charge < -0.3 is 15.7 Å². The van der Waals surface area contributed by atoms with Gasteiger partial charge in [0.05, 0.1) is 33.5 Å². The second kappa shape index (κ2) is 6.36. The number of carbonyl (C=O) groups excluding carboxylic acids is 1. The molecule has 0 spiro atoms. The van der Waals surface area contributed by atoms with Crippen LogP contribution in [0.1, 0.15) is 20.3 Å². The van der Waals surface area contributed by atoms with Crippen LogP contribution in [-0.2, 0) is 0 Å². The highest BCUT2D eigenvalue weighted by Crippen LogP contribution is 2.28. The summed E-state index contributed by atoms with van der Waals surface area (Å²) in [5.74, 6) is 0. The van der Waals surface area contributed by atoms with E-state index in [9.17, 15) is 9.90 Å². The number of aliphatic hydroxyl groups is 1. The molecule has 0 aliphatic carbocycles. The molecule has 5 nitrogen and oxygen atoms in total. The zero-order valence-electron chi connectivity index (χ0n) is 10.1. The number of urea groups is 1. The summed E-state index contributed by atoms with van der Waals surface area (Å²) in [5.41, 5.74) is -0.254. The Kier molecular flexibility index (Phi) is 5.37. The maximum Gasteiger partial charge on any atom is 0.319 e. The van der Waals surface area contributed by atoms with Gasteiger partial charge in [-0.3, -0.25) is 4.98 Å². The number of nitrogens with one attached hydrogen (secondary N) is 2. The van der Waals surface area contributed by atoms with Crippen molar-refractivity contribution in [1.82, 2.24) is 10.3 Å². The van der Waals surface area contributed by atoms with Crippen LogP contribution in [0.5, 0.6) is 0 Å². The van der Waals surface area contributed by atoms with E-state index < -0.39 is 11.6 Å². The maximum atomic E-state index is 11.8. The Morgan fingerprint density at radius 3 is 2.83 bits per heavy atom. The van der Waals surface area contributed by atoms with Crippen LogP contribution in [0.4, 0.5) is 10.5 Å². The summed E-state index contributed by atoms with van der Waals surface area (Å²) < 4.78 is 0.599. The number of carbonyl (C=O) groups is 1. The molecular formula is C11H15BrClN3O2. The summed E-state index contributed by atoms with van der Waals surface area (Å²) in [6, 6.07) is -0.435. The van der Waals surface area contributed by atoms with Crippen LogP contribution in [-0.4, -0.2) is 28.3 Å². The van der Waals surface area contributed by atoms with Crippen molar-refractivity contribution in [2.45, 2.75) is 25.8 Å². The van der Waals surface area contributed by atoms with E-state index >= 15 is 0 Å². The highest BCUT2D eigenvalue weighted by molar-refractivity contribution is 9.10. The monoisotopic (exact) mass is 335 g/mol. The molecule has 0 fully saturated rings. The number of hydrogen-bond donors (Lipinski definition) is 3. The van der Waals surface area contributed by atoms with E-state index in [-0.39, 0.29) is 6.61 Å². The van der Waals surface area contributed by atoms with Crippen molar-refractivity contribution >= 4 is 39.2 Å². The molecule has 0 bridgehead atoms. The standard InChI is InChI=1S/C11H15BrClN3O2/c1-3-11(2,6-17)16-10(18)15-8-5-14-4-7(12)9(8)13/h4-5,17H,3,6H2,1-2H3,(H2,15,16,18). The fourth-order valence-electron chi connectivity index (χ4n) is 1.17. The molecule has 0 radical (unpaired) electrons. The lowest BCUT2D eigenvalue weighted by Crippen LogP contribution is -2.50. The highest BCUT2D eigenvalue weighted by atomic mass is 79.9. The highest BCUT2D eigenvalue weighted by Gasteiger charge is 2.23. The van der Waals surface area contributed by atoms with Gasteiger partial charge in [0.25, 0.3) is 0 Å². The number of pyridine rings is 1. The van der Waals surface area contributed by atoms with Gasteiger partial charge >= 0.3 is 6.03 Å². The van der Waals surface area contributed by atoms with Gasteiger partial charge in [-0.05, 0) is 29.3 Å². The molecule has 0 aromatic carbocycles. The number of aliphatic hydroxyl groups excluding tert-OH is 1. The normalized spacial score (nSPS) is 13.8. The van der Waals surface area contributed by atoms with Gasteiger partial charge in [0.15, 0.2) is 0 Å². The zero-order valence-corrected chi connectivity index (χ0v) is 12.5.